The molecule has 0 heterocycles. The lowest BCUT2D eigenvalue weighted by molar-refractivity contribution is -0.119. The fourth-order valence-electron chi connectivity index (χ4n) is 1.99. The second-order valence-corrected chi connectivity index (χ2v) is 4.82. The Kier molecular flexibility index (Phi) is 8.27. The third-order valence-electron chi connectivity index (χ3n) is 3.15. The van der Waals surface area contributed by atoms with Crippen molar-refractivity contribution in [1.82, 2.24) is 5.32 Å². The molecule has 0 atom stereocenters. The van der Waals surface area contributed by atoms with Crippen molar-refractivity contribution < 1.29 is 9.53 Å². The molecular weight excluding hydrogens is 252 g/mol. The highest BCUT2D eigenvalue weighted by Crippen LogP contribution is 2.22. The lowest BCUT2D eigenvalue weighted by Crippen LogP contribution is -2.30. The van der Waals surface area contributed by atoms with Crippen LogP contribution in [-0.4, -0.2) is 26.1 Å². The molecule has 0 fully saturated rings. The van der Waals surface area contributed by atoms with Gasteiger partial charge in [-0.25, -0.2) is 0 Å². The highest BCUT2D eigenvalue weighted by molar-refractivity contribution is 5.81. The fourth-order valence-corrected chi connectivity index (χ4v) is 1.99. The van der Waals surface area contributed by atoms with Crippen molar-refractivity contribution in [1.29, 1.82) is 0 Å². The van der Waals surface area contributed by atoms with Crippen LogP contribution < -0.4 is 15.4 Å². The van der Waals surface area contributed by atoms with Crippen LogP contribution in [0.15, 0.2) is 24.3 Å². The van der Waals surface area contributed by atoms with Crippen LogP contribution in [0.1, 0.15) is 39.0 Å². The van der Waals surface area contributed by atoms with Gasteiger partial charge in [0.25, 0.3) is 0 Å². The van der Waals surface area contributed by atoms with Gasteiger partial charge in [0.2, 0.25) is 5.91 Å². The Hall–Kier alpha value is -1.71. The Morgan fingerprint density at radius 2 is 1.90 bits per heavy atom. The van der Waals surface area contributed by atoms with Crippen LogP contribution in [0.4, 0.5) is 5.69 Å². The first-order valence-corrected chi connectivity index (χ1v) is 7.41. The average Bonchev–Trinajstić information content (AvgIpc) is 2.49. The maximum atomic E-state index is 11.7. The summed E-state index contributed by atoms with van der Waals surface area (Å²) in [5.74, 6) is 0.770. The maximum Gasteiger partial charge on any atom is 0.239 e. The summed E-state index contributed by atoms with van der Waals surface area (Å²) >= 11 is 0. The Labute approximate surface area is 121 Å². The molecule has 20 heavy (non-hydrogen) atoms. The summed E-state index contributed by atoms with van der Waals surface area (Å²) in [6.07, 6.45) is 6.03. The average molecular weight is 278 g/mol. The second kappa shape index (κ2) is 10.1. The van der Waals surface area contributed by atoms with Crippen molar-refractivity contribution >= 4 is 11.6 Å². The monoisotopic (exact) mass is 278 g/mol. The molecule has 0 saturated carbocycles. The number of nitrogens with one attached hydrogen (secondary N) is 2. The predicted molar refractivity (Wildman–Crippen MR) is 83.3 cm³/mol. The first kappa shape index (κ1) is 16.3. The van der Waals surface area contributed by atoms with Crippen LogP contribution >= 0.6 is 0 Å². The van der Waals surface area contributed by atoms with E-state index in [4.69, 9.17) is 4.74 Å². The standard InChI is InChI=1S/C16H26N2O2/c1-3-4-5-6-9-12-17-16(19)13-18-14-10-7-8-11-15(14)20-2/h7-8,10-11,18H,3-6,9,12-13H2,1-2H3,(H,17,19). The van der Waals surface area contributed by atoms with Crippen LogP contribution in [0.2, 0.25) is 0 Å². The number of amides is 1. The van der Waals surface area contributed by atoms with Gasteiger partial charge in [-0.3, -0.25) is 4.79 Å². The van der Waals surface area contributed by atoms with Gasteiger partial charge in [0, 0.05) is 6.54 Å². The maximum absolute atomic E-state index is 11.7. The lowest BCUT2D eigenvalue weighted by Gasteiger charge is -2.11. The minimum atomic E-state index is 0.0198. The molecule has 4 heteroatoms. The Bertz CT molecular complexity index is 394. The number of rotatable bonds is 10. The molecule has 2 N–H and O–H groups in total. The number of methoxy groups -OCH3 is 1. The molecule has 0 aliphatic heterocycles. The first-order chi connectivity index (χ1) is 9.77. The van der Waals surface area contributed by atoms with Gasteiger partial charge in [-0.05, 0) is 18.6 Å². The van der Waals surface area contributed by atoms with Gasteiger partial charge in [0.15, 0.2) is 0 Å². The second-order valence-electron chi connectivity index (χ2n) is 4.82. The van der Waals surface area contributed by atoms with E-state index in [0.29, 0.717) is 0 Å². The smallest absolute Gasteiger partial charge is 0.239 e. The summed E-state index contributed by atoms with van der Waals surface area (Å²) in [6.45, 7) is 3.23. The molecule has 1 aromatic rings. The number of carbonyl (C=O) groups is 1. The molecule has 0 bridgehead atoms. The van der Waals surface area contributed by atoms with E-state index in [2.05, 4.69) is 17.6 Å². The molecule has 0 aromatic heterocycles. The largest absolute Gasteiger partial charge is 0.495 e. The van der Waals surface area contributed by atoms with Gasteiger partial charge in [-0.2, -0.15) is 0 Å². The SMILES string of the molecule is CCCCCCCNC(=O)CNc1ccccc1OC. The number of hydrogen-bond donors (Lipinski definition) is 2. The molecule has 0 radical (unpaired) electrons. The van der Waals surface area contributed by atoms with Gasteiger partial charge >= 0.3 is 0 Å². The van der Waals surface area contributed by atoms with E-state index in [1.807, 2.05) is 24.3 Å². The van der Waals surface area contributed by atoms with Crippen molar-refractivity contribution in [2.45, 2.75) is 39.0 Å². The molecule has 0 spiro atoms. The van der Waals surface area contributed by atoms with Crippen molar-refractivity contribution in [3.8, 4) is 5.75 Å². The molecule has 4 nitrogen and oxygen atoms in total. The fraction of sp³-hybridized carbons (Fsp3) is 0.562. The summed E-state index contributed by atoms with van der Waals surface area (Å²) in [7, 11) is 1.62. The highest BCUT2D eigenvalue weighted by Gasteiger charge is 2.04. The first-order valence-electron chi connectivity index (χ1n) is 7.41. The van der Waals surface area contributed by atoms with Gasteiger partial charge in [-0.15, -0.1) is 0 Å². The number of para-hydroxylation sites is 2. The van der Waals surface area contributed by atoms with Crippen LogP contribution in [0.3, 0.4) is 0 Å². The predicted octanol–water partition coefficient (Wildman–Crippen LogP) is 3.19. The van der Waals surface area contributed by atoms with Gasteiger partial charge < -0.3 is 15.4 Å². The van der Waals surface area contributed by atoms with Crippen LogP contribution in [0.25, 0.3) is 0 Å². The summed E-state index contributed by atoms with van der Waals surface area (Å²) < 4.78 is 5.22. The molecular formula is C16H26N2O2. The molecule has 0 unspecified atom stereocenters. The molecule has 0 aliphatic rings. The van der Waals surface area contributed by atoms with Crippen LogP contribution in [0, 0.1) is 0 Å². The van der Waals surface area contributed by atoms with E-state index in [-0.39, 0.29) is 12.5 Å². The minimum absolute atomic E-state index is 0.0198. The van der Waals surface area contributed by atoms with E-state index in [1.165, 1.54) is 25.7 Å². The normalized spacial score (nSPS) is 10.1. The summed E-state index contributed by atoms with van der Waals surface area (Å²) in [5, 5.41) is 6.01. The third-order valence-corrected chi connectivity index (χ3v) is 3.15. The van der Waals surface area contributed by atoms with Gasteiger partial charge in [-0.1, -0.05) is 44.7 Å². The third kappa shape index (κ3) is 6.45. The Morgan fingerprint density at radius 3 is 2.65 bits per heavy atom. The number of carbonyl (C=O) groups excluding carboxylic acids is 1. The molecule has 0 aliphatic carbocycles. The van der Waals surface area contributed by atoms with E-state index in [1.54, 1.807) is 7.11 Å². The number of unbranched alkanes of at least 4 members (excludes halogenated alkanes) is 4. The van der Waals surface area contributed by atoms with E-state index >= 15 is 0 Å². The number of ether oxygens (including phenoxy) is 1. The van der Waals surface area contributed by atoms with Gasteiger partial charge in [0.05, 0.1) is 19.3 Å². The number of benzene rings is 1. The highest BCUT2D eigenvalue weighted by atomic mass is 16.5. The molecule has 112 valence electrons. The molecule has 0 saturated heterocycles. The number of anilines is 1. The van der Waals surface area contributed by atoms with Crippen LogP contribution in [-0.2, 0) is 4.79 Å². The Morgan fingerprint density at radius 1 is 1.15 bits per heavy atom. The van der Waals surface area contributed by atoms with E-state index in [9.17, 15) is 4.79 Å². The molecule has 1 amide bonds. The number of hydrogen-bond acceptors (Lipinski definition) is 3. The topological polar surface area (TPSA) is 50.4 Å². The van der Waals surface area contributed by atoms with Crippen molar-refractivity contribution in [3.05, 3.63) is 24.3 Å². The van der Waals surface area contributed by atoms with Crippen molar-refractivity contribution in [3.63, 3.8) is 0 Å². The minimum Gasteiger partial charge on any atom is -0.495 e. The zero-order chi connectivity index (χ0) is 14.6. The molecule has 1 aromatic carbocycles. The Balaban J connectivity index is 2.16. The summed E-state index contributed by atoms with van der Waals surface area (Å²) in [5.41, 5.74) is 0.841. The lowest BCUT2D eigenvalue weighted by atomic mass is 10.1. The van der Waals surface area contributed by atoms with E-state index in [0.717, 1.165) is 24.4 Å². The zero-order valence-electron chi connectivity index (χ0n) is 12.6. The van der Waals surface area contributed by atoms with Crippen molar-refractivity contribution in [2.24, 2.45) is 0 Å². The summed E-state index contributed by atoms with van der Waals surface area (Å²) in [6, 6.07) is 7.59. The van der Waals surface area contributed by atoms with Gasteiger partial charge in [0.1, 0.15) is 5.75 Å². The quantitative estimate of drug-likeness (QED) is 0.646. The van der Waals surface area contributed by atoms with Crippen LogP contribution in [0.5, 0.6) is 5.75 Å². The van der Waals surface area contributed by atoms with Crippen molar-refractivity contribution in [2.75, 3.05) is 25.5 Å². The van der Waals surface area contributed by atoms with E-state index < -0.39 is 0 Å². The molecule has 1 rings (SSSR count). The zero-order valence-corrected chi connectivity index (χ0v) is 12.6. The summed E-state index contributed by atoms with van der Waals surface area (Å²) in [4.78, 5) is 11.7.